The zero-order chi connectivity index (χ0) is 14.9. The fraction of sp³-hybridized carbons (Fsp3) is 0.895. The molecule has 0 amide bonds. The van der Waals surface area contributed by atoms with E-state index in [-0.39, 0.29) is 0 Å². The molecule has 0 spiro atoms. The molecule has 0 N–H and O–H groups in total. The minimum absolute atomic E-state index is 0.600. The standard InChI is InChI=1S/C19H34O2/c1-3-10-16-12-8-6-5-7-9-13-17(11-4-2)19-18(16)20-14-15-21-19/h16-17H,3-15H2,1-2H3. The van der Waals surface area contributed by atoms with Gasteiger partial charge in [-0.2, -0.15) is 0 Å². The number of ether oxygens (including phenoxy) is 2. The van der Waals surface area contributed by atoms with E-state index in [1.807, 2.05) is 0 Å². The lowest BCUT2D eigenvalue weighted by Gasteiger charge is -2.31. The van der Waals surface area contributed by atoms with Gasteiger partial charge >= 0.3 is 0 Å². The predicted octanol–water partition coefficient (Wildman–Crippen LogP) is 5.82. The molecule has 0 aromatic carbocycles. The third-order valence-corrected chi connectivity index (χ3v) is 4.96. The van der Waals surface area contributed by atoms with Crippen LogP contribution in [0.5, 0.6) is 0 Å². The van der Waals surface area contributed by atoms with Gasteiger partial charge in [0, 0.05) is 11.8 Å². The lowest BCUT2D eigenvalue weighted by Crippen LogP contribution is -2.24. The maximum atomic E-state index is 6.15. The van der Waals surface area contributed by atoms with Crippen molar-refractivity contribution in [1.82, 2.24) is 0 Å². The van der Waals surface area contributed by atoms with Gasteiger partial charge in [-0.15, -0.1) is 0 Å². The van der Waals surface area contributed by atoms with Crippen molar-refractivity contribution >= 4 is 0 Å². The summed E-state index contributed by atoms with van der Waals surface area (Å²) in [5, 5.41) is 0. The summed E-state index contributed by atoms with van der Waals surface area (Å²) in [7, 11) is 0. The van der Waals surface area contributed by atoms with Gasteiger partial charge in [0.2, 0.25) is 0 Å². The molecule has 0 aromatic rings. The fourth-order valence-corrected chi connectivity index (χ4v) is 3.91. The van der Waals surface area contributed by atoms with Crippen molar-refractivity contribution in [2.75, 3.05) is 13.2 Å². The second-order valence-electron chi connectivity index (χ2n) is 6.74. The Labute approximate surface area is 131 Å². The Hall–Kier alpha value is -0.660. The molecule has 0 bridgehead atoms. The van der Waals surface area contributed by atoms with E-state index in [9.17, 15) is 0 Å². The van der Waals surface area contributed by atoms with Gasteiger partial charge in [0.05, 0.1) is 0 Å². The van der Waals surface area contributed by atoms with Crippen LogP contribution in [0.3, 0.4) is 0 Å². The molecule has 21 heavy (non-hydrogen) atoms. The Kier molecular flexibility index (Phi) is 7.46. The molecule has 0 radical (unpaired) electrons. The van der Waals surface area contributed by atoms with E-state index < -0.39 is 0 Å². The first-order valence-electron chi connectivity index (χ1n) is 9.36. The topological polar surface area (TPSA) is 18.5 Å². The zero-order valence-electron chi connectivity index (χ0n) is 14.2. The largest absolute Gasteiger partial charge is 0.491 e. The average Bonchev–Trinajstić information content (AvgIpc) is 2.54. The van der Waals surface area contributed by atoms with Crippen LogP contribution in [0.1, 0.15) is 84.5 Å². The molecule has 1 heterocycles. The second kappa shape index (κ2) is 9.38. The van der Waals surface area contributed by atoms with Crippen LogP contribution in [0.4, 0.5) is 0 Å². The van der Waals surface area contributed by atoms with Gasteiger partial charge in [-0.1, -0.05) is 58.8 Å². The Morgan fingerprint density at radius 1 is 0.714 bits per heavy atom. The number of allylic oxidation sites excluding steroid dienone is 2. The van der Waals surface area contributed by atoms with Crippen LogP contribution in [-0.2, 0) is 9.47 Å². The highest BCUT2D eigenvalue weighted by Gasteiger charge is 2.29. The Morgan fingerprint density at radius 2 is 1.14 bits per heavy atom. The van der Waals surface area contributed by atoms with Gasteiger partial charge in [-0.3, -0.25) is 0 Å². The average molecular weight is 294 g/mol. The number of rotatable bonds is 4. The molecule has 122 valence electrons. The summed E-state index contributed by atoms with van der Waals surface area (Å²) in [5.41, 5.74) is 0. The van der Waals surface area contributed by atoms with Crippen LogP contribution >= 0.6 is 0 Å². The van der Waals surface area contributed by atoms with E-state index in [2.05, 4.69) is 13.8 Å². The molecule has 0 saturated carbocycles. The lowest BCUT2D eigenvalue weighted by atomic mass is 9.89. The third kappa shape index (κ3) is 4.93. The van der Waals surface area contributed by atoms with Crippen LogP contribution in [0.25, 0.3) is 0 Å². The van der Waals surface area contributed by atoms with E-state index in [4.69, 9.17) is 9.47 Å². The van der Waals surface area contributed by atoms with Gasteiger partial charge in [0.25, 0.3) is 0 Å². The summed E-state index contributed by atoms with van der Waals surface area (Å²) in [4.78, 5) is 0. The van der Waals surface area contributed by atoms with Gasteiger partial charge in [-0.25, -0.2) is 0 Å². The van der Waals surface area contributed by atoms with E-state index in [0.717, 1.165) is 13.2 Å². The molecular weight excluding hydrogens is 260 g/mol. The highest BCUT2D eigenvalue weighted by molar-refractivity contribution is 5.11. The molecule has 1 aliphatic heterocycles. The van der Waals surface area contributed by atoms with Gasteiger partial charge in [0.1, 0.15) is 24.7 Å². The van der Waals surface area contributed by atoms with Crippen molar-refractivity contribution in [3.05, 3.63) is 11.5 Å². The summed E-state index contributed by atoms with van der Waals surface area (Å²) >= 11 is 0. The first kappa shape index (κ1) is 16.7. The summed E-state index contributed by atoms with van der Waals surface area (Å²) in [6, 6.07) is 0. The minimum atomic E-state index is 0.600. The summed E-state index contributed by atoms with van der Waals surface area (Å²) < 4.78 is 12.3. The Balaban J connectivity index is 2.23. The third-order valence-electron chi connectivity index (χ3n) is 4.96. The van der Waals surface area contributed by atoms with Gasteiger partial charge < -0.3 is 9.47 Å². The number of hydrogen-bond donors (Lipinski definition) is 0. The maximum Gasteiger partial charge on any atom is 0.137 e. The first-order valence-corrected chi connectivity index (χ1v) is 9.36. The highest BCUT2D eigenvalue weighted by atomic mass is 16.6. The molecule has 2 heteroatoms. The molecule has 2 unspecified atom stereocenters. The van der Waals surface area contributed by atoms with Crippen LogP contribution in [-0.4, -0.2) is 13.2 Å². The zero-order valence-corrected chi connectivity index (χ0v) is 14.2. The summed E-state index contributed by atoms with van der Waals surface area (Å²) in [6.45, 7) is 6.08. The monoisotopic (exact) mass is 294 g/mol. The molecule has 0 aromatic heterocycles. The molecule has 2 nitrogen and oxygen atoms in total. The molecule has 0 fully saturated rings. The van der Waals surface area contributed by atoms with Crippen molar-refractivity contribution in [1.29, 1.82) is 0 Å². The predicted molar refractivity (Wildman–Crippen MR) is 88.0 cm³/mol. The molecule has 0 saturated heterocycles. The van der Waals surface area contributed by atoms with Crippen molar-refractivity contribution < 1.29 is 9.47 Å². The van der Waals surface area contributed by atoms with Crippen LogP contribution in [0.15, 0.2) is 11.5 Å². The molecule has 1 aliphatic carbocycles. The van der Waals surface area contributed by atoms with E-state index in [1.165, 1.54) is 82.1 Å². The second-order valence-corrected chi connectivity index (χ2v) is 6.74. The summed E-state index contributed by atoms with van der Waals surface area (Å²) in [6.07, 6.45) is 14.4. The van der Waals surface area contributed by atoms with Crippen molar-refractivity contribution in [3.63, 3.8) is 0 Å². The van der Waals surface area contributed by atoms with Crippen LogP contribution < -0.4 is 0 Å². The molecule has 2 rings (SSSR count). The number of hydrogen-bond acceptors (Lipinski definition) is 2. The van der Waals surface area contributed by atoms with E-state index >= 15 is 0 Å². The van der Waals surface area contributed by atoms with Crippen molar-refractivity contribution in [3.8, 4) is 0 Å². The maximum absolute atomic E-state index is 6.15. The van der Waals surface area contributed by atoms with Crippen molar-refractivity contribution in [2.45, 2.75) is 84.5 Å². The quantitative estimate of drug-likeness (QED) is 0.650. The van der Waals surface area contributed by atoms with E-state index in [0.29, 0.717) is 11.8 Å². The van der Waals surface area contributed by atoms with Crippen molar-refractivity contribution in [2.24, 2.45) is 11.8 Å². The Bertz CT molecular complexity index is 292. The van der Waals surface area contributed by atoms with Crippen LogP contribution in [0.2, 0.25) is 0 Å². The molecule has 2 aliphatic rings. The fourth-order valence-electron chi connectivity index (χ4n) is 3.91. The SMILES string of the molecule is CCCC1CCCCCCCC(CCC)C2=C1OCCO2. The normalized spacial score (nSPS) is 28.1. The minimum Gasteiger partial charge on any atom is -0.491 e. The van der Waals surface area contributed by atoms with Gasteiger partial charge in [-0.05, 0) is 25.7 Å². The summed E-state index contributed by atoms with van der Waals surface area (Å²) in [5.74, 6) is 3.68. The Morgan fingerprint density at radius 3 is 1.57 bits per heavy atom. The first-order chi connectivity index (χ1) is 10.4. The smallest absolute Gasteiger partial charge is 0.137 e. The molecular formula is C19H34O2. The highest BCUT2D eigenvalue weighted by Crippen LogP contribution is 2.37. The van der Waals surface area contributed by atoms with Gasteiger partial charge in [0.15, 0.2) is 0 Å². The lowest BCUT2D eigenvalue weighted by molar-refractivity contribution is 0.0248. The van der Waals surface area contributed by atoms with E-state index in [1.54, 1.807) is 0 Å². The van der Waals surface area contributed by atoms with Crippen LogP contribution in [0, 0.1) is 11.8 Å². The molecule has 2 atom stereocenters.